The fraction of sp³-hybridized carbons (Fsp3) is 0.381. The molecule has 0 aromatic heterocycles. The molecular weight excluding hydrogens is 300 g/mol. The van der Waals surface area contributed by atoms with Gasteiger partial charge in [0.05, 0.1) is 12.2 Å². The first-order valence-corrected chi connectivity index (χ1v) is 8.43. The Morgan fingerprint density at radius 1 is 0.667 bits per heavy atom. The first kappa shape index (κ1) is 18.4. The quantitative estimate of drug-likeness (QED) is 0.693. The van der Waals surface area contributed by atoms with Crippen LogP contribution in [0.5, 0.6) is 0 Å². The van der Waals surface area contributed by atoms with E-state index >= 15 is 0 Å². The molecule has 0 aliphatic heterocycles. The molecule has 0 amide bonds. The molecule has 0 aliphatic rings. The minimum Gasteiger partial charge on any atom is -0.363 e. The molecule has 0 aliphatic carbocycles. The number of ketones is 1. The summed E-state index contributed by atoms with van der Waals surface area (Å²) in [5, 5.41) is 0. The van der Waals surface area contributed by atoms with Gasteiger partial charge in [0.1, 0.15) is 12.2 Å². The van der Waals surface area contributed by atoms with Gasteiger partial charge >= 0.3 is 0 Å². The second-order valence-corrected chi connectivity index (χ2v) is 6.35. The molecule has 2 aromatic carbocycles. The fourth-order valence-corrected chi connectivity index (χ4v) is 2.56. The Kier molecular flexibility index (Phi) is 6.71. The van der Waals surface area contributed by atoms with Gasteiger partial charge in [0.25, 0.3) is 0 Å². The van der Waals surface area contributed by atoms with Crippen LogP contribution in [0.4, 0.5) is 0 Å². The molecular formula is C21H26O3. The van der Waals surface area contributed by atoms with Gasteiger partial charge in [-0.25, -0.2) is 0 Å². The number of carbonyl (C=O) groups excluding carboxylic acids is 1. The third-order valence-electron chi connectivity index (χ3n) is 3.54. The van der Waals surface area contributed by atoms with Gasteiger partial charge in [-0.2, -0.15) is 0 Å². The Morgan fingerprint density at radius 3 is 1.29 bits per heavy atom. The molecule has 2 atom stereocenters. The van der Waals surface area contributed by atoms with Crippen LogP contribution in [0, 0.1) is 0 Å². The molecule has 0 saturated carbocycles. The normalized spacial score (nSPS) is 13.9. The molecule has 2 rings (SSSR count). The van der Waals surface area contributed by atoms with E-state index in [2.05, 4.69) is 0 Å². The lowest BCUT2D eigenvalue weighted by Crippen LogP contribution is -2.28. The van der Waals surface area contributed by atoms with Crippen molar-refractivity contribution in [3.05, 3.63) is 71.8 Å². The highest BCUT2D eigenvalue weighted by Gasteiger charge is 2.32. The summed E-state index contributed by atoms with van der Waals surface area (Å²) in [5.41, 5.74) is 1.70. The predicted molar refractivity (Wildman–Crippen MR) is 95.8 cm³/mol. The number of hydrogen-bond acceptors (Lipinski definition) is 3. The van der Waals surface area contributed by atoms with Crippen LogP contribution in [-0.4, -0.2) is 18.0 Å². The number of benzene rings is 2. The van der Waals surface area contributed by atoms with Crippen LogP contribution < -0.4 is 0 Å². The summed E-state index contributed by atoms with van der Waals surface area (Å²) < 4.78 is 11.9. The summed E-state index contributed by atoms with van der Waals surface area (Å²) in [4.78, 5) is 13.3. The summed E-state index contributed by atoms with van der Waals surface area (Å²) >= 11 is 0. The van der Waals surface area contributed by atoms with Gasteiger partial charge in [-0.15, -0.1) is 0 Å². The van der Waals surface area contributed by atoms with E-state index in [0.717, 1.165) is 11.1 Å². The molecule has 0 bridgehead atoms. The van der Waals surface area contributed by atoms with Crippen molar-refractivity contribution in [2.45, 2.75) is 52.1 Å². The second kappa shape index (κ2) is 8.76. The van der Waals surface area contributed by atoms with Gasteiger partial charge in [0, 0.05) is 0 Å². The first-order valence-electron chi connectivity index (χ1n) is 8.43. The smallest absolute Gasteiger partial charge is 0.199 e. The van der Waals surface area contributed by atoms with Crippen molar-refractivity contribution in [2.75, 3.05) is 0 Å². The fourth-order valence-electron chi connectivity index (χ4n) is 2.56. The van der Waals surface area contributed by atoms with Crippen molar-refractivity contribution in [3.63, 3.8) is 0 Å². The van der Waals surface area contributed by atoms with Crippen molar-refractivity contribution >= 4 is 5.78 Å². The van der Waals surface area contributed by atoms with Gasteiger partial charge in [-0.3, -0.25) is 4.79 Å². The lowest BCUT2D eigenvalue weighted by Gasteiger charge is -2.26. The summed E-state index contributed by atoms with van der Waals surface area (Å²) in [6, 6.07) is 19.2. The average Bonchev–Trinajstić information content (AvgIpc) is 2.58. The van der Waals surface area contributed by atoms with Gasteiger partial charge in [-0.05, 0) is 38.8 Å². The minimum atomic E-state index is -0.643. The van der Waals surface area contributed by atoms with E-state index in [1.54, 1.807) is 0 Å². The Balaban J connectivity index is 2.36. The maximum absolute atomic E-state index is 13.3. The highest BCUT2D eigenvalue weighted by atomic mass is 16.5. The number of hydrogen-bond donors (Lipinski definition) is 0. The maximum atomic E-state index is 13.3. The van der Waals surface area contributed by atoms with Gasteiger partial charge in [-0.1, -0.05) is 60.7 Å². The molecule has 0 spiro atoms. The van der Waals surface area contributed by atoms with E-state index in [1.165, 1.54) is 0 Å². The lowest BCUT2D eigenvalue weighted by atomic mass is 9.96. The molecule has 2 aromatic rings. The highest BCUT2D eigenvalue weighted by Crippen LogP contribution is 2.30. The van der Waals surface area contributed by atoms with Crippen molar-refractivity contribution in [1.29, 1.82) is 0 Å². The van der Waals surface area contributed by atoms with Gasteiger partial charge in [0.2, 0.25) is 0 Å². The molecule has 0 fully saturated rings. The maximum Gasteiger partial charge on any atom is 0.199 e. The molecule has 0 saturated heterocycles. The third-order valence-corrected chi connectivity index (χ3v) is 3.54. The van der Waals surface area contributed by atoms with Crippen molar-refractivity contribution in [2.24, 2.45) is 0 Å². The summed E-state index contributed by atoms with van der Waals surface area (Å²) in [6.45, 7) is 7.74. The van der Waals surface area contributed by atoms with Crippen molar-refractivity contribution in [1.82, 2.24) is 0 Å². The molecule has 0 radical (unpaired) electrons. The van der Waals surface area contributed by atoms with Crippen LogP contribution in [0.15, 0.2) is 60.7 Å². The van der Waals surface area contributed by atoms with E-state index in [-0.39, 0.29) is 18.0 Å². The standard InChI is InChI=1S/C21H26O3/c1-15(2)23-20(17-11-7-5-8-12-17)19(22)21(24-16(3)4)18-13-9-6-10-14-18/h5-16,20-21H,1-4H3. The van der Waals surface area contributed by atoms with Crippen LogP contribution >= 0.6 is 0 Å². The van der Waals surface area contributed by atoms with Crippen LogP contribution in [0.3, 0.4) is 0 Å². The van der Waals surface area contributed by atoms with Crippen LogP contribution in [-0.2, 0) is 14.3 Å². The summed E-state index contributed by atoms with van der Waals surface area (Å²) in [6.07, 6.45) is -1.41. The number of ether oxygens (including phenoxy) is 2. The predicted octanol–water partition coefficient (Wildman–Crippen LogP) is 4.89. The molecule has 24 heavy (non-hydrogen) atoms. The average molecular weight is 326 g/mol. The monoisotopic (exact) mass is 326 g/mol. The van der Waals surface area contributed by atoms with Gasteiger partial charge in [0.15, 0.2) is 5.78 Å². The Morgan fingerprint density at radius 2 is 1.00 bits per heavy atom. The molecule has 3 heteroatoms. The minimum absolute atomic E-state index is 0.0605. The SMILES string of the molecule is CC(C)OC(C(=O)C(OC(C)C)c1ccccc1)c1ccccc1. The van der Waals surface area contributed by atoms with E-state index < -0.39 is 12.2 Å². The molecule has 0 N–H and O–H groups in total. The van der Waals surface area contributed by atoms with Gasteiger partial charge < -0.3 is 9.47 Å². The van der Waals surface area contributed by atoms with E-state index in [0.29, 0.717) is 0 Å². The number of carbonyl (C=O) groups is 1. The zero-order valence-electron chi connectivity index (χ0n) is 14.8. The Hall–Kier alpha value is -1.97. The van der Waals surface area contributed by atoms with E-state index in [1.807, 2.05) is 88.4 Å². The Labute approximate surface area is 144 Å². The zero-order valence-corrected chi connectivity index (χ0v) is 14.8. The van der Waals surface area contributed by atoms with Crippen LogP contribution in [0.2, 0.25) is 0 Å². The molecule has 0 heterocycles. The van der Waals surface area contributed by atoms with Crippen LogP contribution in [0.25, 0.3) is 0 Å². The van der Waals surface area contributed by atoms with E-state index in [4.69, 9.17) is 9.47 Å². The highest BCUT2D eigenvalue weighted by molar-refractivity contribution is 5.89. The van der Waals surface area contributed by atoms with Crippen LogP contribution in [0.1, 0.15) is 51.0 Å². The first-order chi connectivity index (χ1) is 11.5. The van der Waals surface area contributed by atoms with E-state index in [9.17, 15) is 4.79 Å². The molecule has 3 nitrogen and oxygen atoms in total. The third kappa shape index (κ3) is 5.02. The lowest BCUT2D eigenvalue weighted by molar-refractivity contribution is -0.149. The molecule has 128 valence electrons. The van der Waals surface area contributed by atoms with Crippen molar-refractivity contribution in [3.8, 4) is 0 Å². The second-order valence-electron chi connectivity index (χ2n) is 6.35. The zero-order chi connectivity index (χ0) is 17.5. The number of rotatable bonds is 8. The summed E-state index contributed by atoms with van der Waals surface area (Å²) in [5.74, 6) is -0.0743. The largest absolute Gasteiger partial charge is 0.363 e. The van der Waals surface area contributed by atoms with Crippen molar-refractivity contribution < 1.29 is 14.3 Å². The summed E-state index contributed by atoms with van der Waals surface area (Å²) in [7, 11) is 0. The topological polar surface area (TPSA) is 35.5 Å². The Bertz CT molecular complexity index is 565. The molecule has 2 unspecified atom stereocenters. The number of Topliss-reactive ketones (excluding diaryl/α,β-unsaturated/α-hetero) is 1.